The second kappa shape index (κ2) is 6.48. The first-order valence-corrected chi connectivity index (χ1v) is 9.20. The van der Waals surface area contributed by atoms with Gasteiger partial charge in [-0.15, -0.1) is 0 Å². The van der Waals surface area contributed by atoms with Crippen LogP contribution in [0.2, 0.25) is 0 Å². The van der Waals surface area contributed by atoms with E-state index in [9.17, 15) is 9.59 Å². The van der Waals surface area contributed by atoms with E-state index in [-0.39, 0.29) is 24.2 Å². The van der Waals surface area contributed by atoms with Crippen LogP contribution in [0.1, 0.15) is 25.8 Å². The Morgan fingerprint density at radius 1 is 1.04 bits per heavy atom. The van der Waals surface area contributed by atoms with Crippen LogP contribution in [-0.4, -0.2) is 21.1 Å². The van der Waals surface area contributed by atoms with Crippen LogP contribution < -0.4 is 10.6 Å². The second-order valence-electron chi connectivity index (χ2n) is 6.88. The highest BCUT2D eigenvalue weighted by Gasteiger charge is 2.28. The first kappa shape index (κ1) is 16.6. The number of aromatic nitrogens is 2. The number of imidazole rings is 1. The van der Waals surface area contributed by atoms with Gasteiger partial charge in [-0.05, 0) is 50.5 Å². The number of para-hydroxylation sites is 3. The quantitative estimate of drug-likeness (QED) is 0.729. The fourth-order valence-corrected chi connectivity index (χ4v) is 4.01. The second-order valence-corrected chi connectivity index (χ2v) is 6.88. The molecule has 2 aromatic carbocycles. The molecule has 0 bridgehead atoms. The van der Waals surface area contributed by atoms with E-state index in [4.69, 9.17) is 0 Å². The van der Waals surface area contributed by atoms with Crippen LogP contribution in [0.15, 0.2) is 53.3 Å². The highest BCUT2D eigenvalue weighted by molar-refractivity contribution is 5.95. The lowest BCUT2D eigenvalue weighted by Crippen LogP contribution is -2.44. The predicted molar refractivity (Wildman–Crippen MR) is 104 cm³/mol. The molecule has 26 heavy (non-hydrogen) atoms. The van der Waals surface area contributed by atoms with Crippen LogP contribution in [0, 0.1) is 0 Å². The van der Waals surface area contributed by atoms with Gasteiger partial charge >= 0.3 is 5.69 Å². The molecule has 0 aliphatic carbocycles. The van der Waals surface area contributed by atoms with Crippen molar-refractivity contribution in [1.82, 2.24) is 9.13 Å². The average molecular weight is 349 g/mol. The fourth-order valence-electron chi connectivity index (χ4n) is 4.01. The Morgan fingerprint density at radius 2 is 1.69 bits per heavy atom. The minimum Gasteiger partial charge on any atom is -0.308 e. The Kier molecular flexibility index (Phi) is 4.15. The van der Waals surface area contributed by atoms with Gasteiger partial charge in [0.1, 0.15) is 6.54 Å². The summed E-state index contributed by atoms with van der Waals surface area (Å²) in [6.07, 6.45) is 1.92. The van der Waals surface area contributed by atoms with Crippen molar-refractivity contribution in [3.05, 3.63) is 64.6 Å². The Hall–Kier alpha value is -2.82. The smallest absolute Gasteiger partial charge is 0.308 e. The third-order valence-corrected chi connectivity index (χ3v) is 5.33. The maximum absolute atomic E-state index is 13.2. The van der Waals surface area contributed by atoms with Crippen molar-refractivity contribution in [2.75, 3.05) is 4.90 Å². The molecular formula is C21H23N3O2. The van der Waals surface area contributed by atoms with Crippen molar-refractivity contribution in [1.29, 1.82) is 0 Å². The van der Waals surface area contributed by atoms with Gasteiger partial charge in [-0.25, -0.2) is 4.79 Å². The molecular weight excluding hydrogens is 326 g/mol. The zero-order chi connectivity index (χ0) is 18.3. The Labute approximate surface area is 152 Å². The minimum absolute atomic E-state index is 0.0363. The molecule has 1 amide bonds. The van der Waals surface area contributed by atoms with Crippen LogP contribution >= 0.6 is 0 Å². The Bertz CT molecular complexity index is 1030. The monoisotopic (exact) mass is 349 g/mol. The zero-order valence-corrected chi connectivity index (χ0v) is 15.2. The van der Waals surface area contributed by atoms with Gasteiger partial charge < -0.3 is 4.90 Å². The van der Waals surface area contributed by atoms with Crippen LogP contribution in [-0.2, 0) is 24.3 Å². The maximum Gasteiger partial charge on any atom is 0.329 e. The van der Waals surface area contributed by atoms with E-state index in [1.165, 1.54) is 5.56 Å². The number of rotatable bonds is 3. The maximum atomic E-state index is 13.2. The van der Waals surface area contributed by atoms with Gasteiger partial charge in [0.2, 0.25) is 5.91 Å². The number of hydrogen-bond donors (Lipinski definition) is 0. The molecule has 1 aliphatic rings. The summed E-state index contributed by atoms with van der Waals surface area (Å²) in [6.45, 7) is 4.67. The number of carbonyl (C=O) groups excluding carboxylic acids is 1. The summed E-state index contributed by atoms with van der Waals surface area (Å²) >= 11 is 0. The van der Waals surface area contributed by atoms with Gasteiger partial charge in [0.25, 0.3) is 0 Å². The summed E-state index contributed by atoms with van der Waals surface area (Å²) in [5.74, 6) is -0.0363. The lowest BCUT2D eigenvalue weighted by Gasteiger charge is -2.35. The highest BCUT2D eigenvalue weighted by atomic mass is 16.2. The van der Waals surface area contributed by atoms with E-state index in [0.717, 1.165) is 29.6 Å². The van der Waals surface area contributed by atoms with Crippen molar-refractivity contribution in [3.8, 4) is 0 Å². The molecule has 1 aromatic heterocycles. The van der Waals surface area contributed by atoms with E-state index in [1.54, 1.807) is 9.13 Å². The third kappa shape index (κ3) is 2.55. The Balaban J connectivity index is 1.75. The lowest BCUT2D eigenvalue weighted by molar-refractivity contribution is -0.119. The lowest BCUT2D eigenvalue weighted by atomic mass is 9.96. The van der Waals surface area contributed by atoms with Crippen molar-refractivity contribution in [3.63, 3.8) is 0 Å². The predicted octanol–water partition coefficient (Wildman–Crippen LogP) is 3.19. The number of amides is 1. The molecule has 0 saturated heterocycles. The van der Waals surface area contributed by atoms with Gasteiger partial charge in [-0.1, -0.05) is 30.3 Å². The van der Waals surface area contributed by atoms with Crippen LogP contribution in [0.3, 0.4) is 0 Å². The fraction of sp³-hybridized carbons (Fsp3) is 0.333. The molecule has 1 aliphatic heterocycles. The van der Waals surface area contributed by atoms with Crippen molar-refractivity contribution >= 4 is 22.6 Å². The molecule has 0 N–H and O–H groups in total. The third-order valence-electron chi connectivity index (χ3n) is 5.33. The number of anilines is 1. The number of benzene rings is 2. The number of hydrogen-bond acceptors (Lipinski definition) is 2. The summed E-state index contributed by atoms with van der Waals surface area (Å²) < 4.78 is 3.32. The van der Waals surface area contributed by atoms with E-state index in [2.05, 4.69) is 13.0 Å². The molecule has 0 radical (unpaired) electrons. The van der Waals surface area contributed by atoms with Crippen molar-refractivity contribution < 1.29 is 4.79 Å². The van der Waals surface area contributed by atoms with E-state index < -0.39 is 0 Å². The molecule has 0 spiro atoms. The van der Waals surface area contributed by atoms with Crippen molar-refractivity contribution in [2.24, 2.45) is 0 Å². The molecule has 0 saturated carbocycles. The molecule has 3 aromatic rings. The summed E-state index contributed by atoms with van der Waals surface area (Å²) in [6, 6.07) is 15.8. The normalized spacial score (nSPS) is 16.7. The van der Waals surface area contributed by atoms with E-state index >= 15 is 0 Å². The number of carbonyl (C=O) groups is 1. The Morgan fingerprint density at radius 3 is 2.42 bits per heavy atom. The molecule has 4 rings (SSSR count). The number of fused-ring (bicyclic) bond motifs is 2. The first-order chi connectivity index (χ1) is 12.6. The van der Waals surface area contributed by atoms with Gasteiger partial charge in [0.05, 0.1) is 11.0 Å². The summed E-state index contributed by atoms with van der Waals surface area (Å²) in [4.78, 5) is 27.9. The summed E-state index contributed by atoms with van der Waals surface area (Å²) in [7, 11) is 0. The van der Waals surface area contributed by atoms with Gasteiger partial charge in [0, 0.05) is 18.3 Å². The van der Waals surface area contributed by atoms with Gasteiger partial charge in [0.15, 0.2) is 0 Å². The SMILES string of the molecule is CCn1c(=O)n(CC(=O)N2c3ccccc3CCC2C)c2ccccc21. The van der Waals surface area contributed by atoms with Crippen molar-refractivity contribution in [2.45, 2.75) is 45.8 Å². The highest BCUT2D eigenvalue weighted by Crippen LogP contribution is 2.30. The molecule has 1 unspecified atom stereocenters. The first-order valence-electron chi connectivity index (χ1n) is 9.20. The molecule has 134 valence electrons. The zero-order valence-electron chi connectivity index (χ0n) is 15.2. The topological polar surface area (TPSA) is 47.2 Å². The molecule has 5 nitrogen and oxygen atoms in total. The molecule has 5 heteroatoms. The standard InChI is InChI=1S/C21H23N3O2/c1-3-22-18-10-6-7-11-19(18)23(21(22)26)14-20(25)24-15(2)12-13-16-8-4-5-9-17(16)24/h4-11,15H,3,12-14H2,1-2H3. The molecule has 0 fully saturated rings. The van der Waals surface area contributed by atoms with E-state index in [0.29, 0.717) is 6.54 Å². The van der Waals surface area contributed by atoms with E-state index in [1.807, 2.05) is 54.3 Å². The largest absolute Gasteiger partial charge is 0.329 e. The van der Waals surface area contributed by atoms with Crippen LogP contribution in [0.25, 0.3) is 11.0 Å². The van der Waals surface area contributed by atoms with Gasteiger partial charge in [-0.3, -0.25) is 13.9 Å². The average Bonchev–Trinajstić information content (AvgIpc) is 2.92. The summed E-state index contributed by atoms with van der Waals surface area (Å²) in [5, 5.41) is 0. The summed E-state index contributed by atoms with van der Waals surface area (Å²) in [5.41, 5.74) is 3.73. The van der Waals surface area contributed by atoms with Gasteiger partial charge in [-0.2, -0.15) is 0 Å². The number of aryl methyl sites for hydroxylation is 2. The molecule has 1 atom stereocenters. The van der Waals surface area contributed by atoms with Crippen LogP contribution in [0.5, 0.6) is 0 Å². The minimum atomic E-state index is -0.125. The molecule has 2 heterocycles. The van der Waals surface area contributed by atoms with Crippen LogP contribution in [0.4, 0.5) is 5.69 Å². The number of nitrogens with zero attached hydrogens (tertiary/aromatic N) is 3.